The van der Waals surface area contributed by atoms with E-state index in [-0.39, 0.29) is 0 Å². The first-order valence-corrected chi connectivity index (χ1v) is 10.0. The molecule has 27 heavy (non-hydrogen) atoms. The summed E-state index contributed by atoms with van der Waals surface area (Å²) in [6, 6.07) is 14.0. The standard InChI is InChI=1S/C21H17Cl2N3S/c1-13-10-15(14-5-6-16(22)17(23)11-14)12-18(25-13)19-7-8-21(27-19)26-9-3-2-4-20(26)24/h2-8,10-12H,9,24H2,1H3. The number of anilines is 1. The third-order valence-corrected chi connectivity index (χ3v) is 6.19. The van der Waals surface area contributed by atoms with Crippen molar-refractivity contribution in [2.24, 2.45) is 5.73 Å². The van der Waals surface area contributed by atoms with Gasteiger partial charge < -0.3 is 10.6 Å². The Labute approximate surface area is 172 Å². The third-order valence-electron chi connectivity index (χ3n) is 4.32. The Kier molecular flexibility index (Phi) is 4.96. The maximum atomic E-state index is 6.19. The van der Waals surface area contributed by atoms with Gasteiger partial charge in [0, 0.05) is 12.2 Å². The molecular weight excluding hydrogens is 397 g/mol. The number of nitrogens with two attached hydrogens (primary N) is 1. The van der Waals surface area contributed by atoms with E-state index in [4.69, 9.17) is 33.9 Å². The van der Waals surface area contributed by atoms with E-state index in [1.165, 1.54) is 0 Å². The smallest absolute Gasteiger partial charge is 0.104 e. The predicted octanol–water partition coefficient (Wildman–Crippen LogP) is 6.27. The van der Waals surface area contributed by atoms with Gasteiger partial charge in [-0.25, -0.2) is 0 Å². The van der Waals surface area contributed by atoms with E-state index in [0.717, 1.165) is 44.8 Å². The van der Waals surface area contributed by atoms with Crippen molar-refractivity contribution in [1.82, 2.24) is 4.98 Å². The maximum Gasteiger partial charge on any atom is 0.104 e. The van der Waals surface area contributed by atoms with Crippen molar-refractivity contribution in [3.8, 4) is 21.7 Å². The quantitative estimate of drug-likeness (QED) is 0.549. The molecular formula is C21H17Cl2N3S. The molecule has 0 unspecified atom stereocenters. The number of halogens is 2. The number of rotatable bonds is 3. The van der Waals surface area contributed by atoms with Crippen molar-refractivity contribution in [2.75, 3.05) is 11.4 Å². The van der Waals surface area contributed by atoms with Crippen molar-refractivity contribution in [3.05, 3.63) is 82.3 Å². The second kappa shape index (κ2) is 7.39. The Morgan fingerprint density at radius 2 is 1.89 bits per heavy atom. The van der Waals surface area contributed by atoms with Gasteiger partial charge in [-0.1, -0.05) is 41.4 Å². The topological polar surface area (TPSA) is 42.1 Å². The minimum absolute atomic E-state index is 0.545. The Bertz CT molecular complexity index is 1070. The zero-order chi connectivity index (χ0) is 19.0. The van der Waals surface area contributed by atoms with Crippen LogP contribution >= 0.6 is 34.5 Å². The Balaban J connectivity index is 1.71. The van der Waals surface area contributed by atoms with E-state index in [1.807, 2.05) is 43.3 Å². The van der Waals surface area contributed by atoms with E-state index in [1.54, 1.807) is 11.3 Å². The van der Waals surface area contributed by atoms with Crippen LogP contribution in [0, 0.1) is 6.92 Å². The van der Waals surface area contributed by atoms with Gasteiger partial charge in [0.15, 0.2) is 0 Å². The van der Waals surface area contributed by atoms with Crippen LogP contribution in [0.3, 0.4) is 0 Å². The summed E-state index contributed by atoms with van der Waals surface area (Å²) in [4.78, 5) is 7.90. The van der Waals surface area contributed by atoms with Crippen molar-refractivity contribution in [3.63, 3.8) is 0 Å². The van der Waals surface area contributed by atoms with Gasteiger partial charge >= 0.3 is 0 Å². The van der Waals surface area contributed by atoms with Gasteiger partial charge in [-0.05, 0) is 60.5 Å². The third kappa shape index (κ3) is 3.74. The molecule has 0 saturated carbocycles. The minimum Gasteiger partial charge on any atom is -0.385 e. The summed E-state index contributed by atoms with van der Waals surface area (Å²) in [5.41, 5.74) is 10.1. The highest BCUT2D eigenvalue weighted by atomic mass is 35.5. The number of allylic oxidation sites excluding steroid dienone is 2. The van der Waals surface area contributed by atoms with Crippen LogP contribution in [-0.2, 0) is 0 Å². The number of thiophene rings is 1. The van der Waals surface area contributed by atoms with E-state index in [0.29, 0.717) is 10.0 Å². The average molecular weight is 414 g/mol. The zero-order valence-electron chi connectivity index (χ0n) is 14.6. The molecule has 0 atom stereocenters. The molecule has 0 amide bonds. The average Bonchev–Trinajstić information content (AvgIpc) is 3.14. The molecule has 0 spiro atoms. The van der Waals surface area contributed by atoms with Crippen LogP contribution in [0.4, 0.5) is 5.00 Å². The maximum absolute atomic E-state index is 6.19. The van der Waals surface area contributed by atoms with E-state index >= 15 is 0 Å². The first-order valence-electron chi connectivity index (χ1n) is 8.45. The highest BCUT2D eigenvalue weighted by Gasteiger charge is 2.14. The molecule has 0 bridgehead atoms. The molecule has 6 heteroatoms. The van der Waals surface area contributed by atoms with Crippen LogP contribution in [0.5, 0.6) is 0 Å². The van der Waals surface area contributed by atoms with Crippen LogP contribution in [0.15, 0.2) is 66.5 Å². The van der Waals surface area contributed by atoms with Crippen molar-refractivity contribution in [1.29, 1.82) is 0 Å². The van der Waals surface area contributed by atoms with E-state index in [9.17, 15) is 0 Å². The molecule has 1 aliphatic rings. The predicted molar refractivity (Wildman–Crippen MR) is 116 cm³/mol. The molecule has 0 aliphatic carbocycles. The second-order valence-corrected chi connectivity index (χ2v) is 8.16. The van der Waals surface area contributed by atoms with Gasteiger partial charge in [0.1, 0.15) is 5.82 Å². The summed E-state index contributed by atoms with van der Waals surface area (Å²) in [5, 5.41) is 2.20. The monoisotopic (exact) mass is 413 g/mol. The molecule has 1 aromatic carbocycles. The molecule has 1 aliphatic heterocycles. The number of hydrogen-bond donors (Lipinski definition) is 1. The van der Waals surface area contributed by atoms with Crippen LogP contribution < -0.4 is 10.6 Å². The summed E-state index contributed by atoms with van der Waals surface area (Å²) >= 11 is 13.9. The minimum atomic E-state index is 0.545. The Hall–Kier alpha value is -2.27. The molecule has 0 radical (unpaired) electrons. The number of aryl methyl sites for hydroxylation is 1. The summed E-state index contributed by atoms with van der Waals surface area (Å²) in [7, 11) is 0. The van der Waals surface area contributed by atoms with Crippen molar-refractivity contribution >= 4 is 39.5 Å². The zero-order valence-corrected chi connectivity index (χ0v) is 16.9. The van der Waals surface area contributed by atoms with Crippen molar-refractivity contribution in [2.45, 2.75) is 6.92 Å². The van der Waals surface area contributed by atoms with Crippen LogP contribution in [0.25, 0.3) is 21.7 Å². The van der Waals surface area contributed by atoms with Crippen LogP contribution in [-0.4, -0.2) is 11.5 Å². The molecule has 4 rings (SSSR count). The number of pyridine rings is 1. The molecule has 3 nitrogen and oxygen atoms in total. The normalized spacial score (nSPS) is 13.7. The second-order valence-electron chi connectivity index (χ2n) is 6.28. The summed E-state index contributed by atoms with van der Waals surface area (Å²) in [6.45, 7) is 2.77. The lowest BCUT2D eigenvalue weighted by Crippen LogP contribution is -2.28. The molecule has 0 saturated heterocycles. The highest BCUT2D eigenvalue weighted by molar-refractivity contribution is 7.19. The van der Waals surface area contributed by atoms with Gasteiger partial charge in [0.25, 0.3) is 0 Å². The number of hydrogen-bond acceptors (Lipinski definition) is 4. The fraction of sp³-hybridized carbons (Fsp3) is 0.0952. The largest absolute Gasteiger partial charge is 0.385 e. The highest BCUT2D eigenvalue weighted by Crippen LogP contribution is 2.36. The fourth-order valence-corrected chi connectivity index (χ4v) is 4.29. The number of nitrogens with zero attached hydrogens (tertiary/aromatic N) is 2. The molecule has 3 aromatic rings. The molecule has 2 N–H and O–H groups in total. The molecule has 0 fully saturated rings. The summed E-state index contributed by atoms with van der Waals surface area (Å²) in [6.07, 6.45) is 5.98. The first kappa shape index (κ1) is 18.1. The van der Waals surface area contributed by atoms with Crippen LogP contribution in [0.1, 0.15) is 5.69 Å². The number of aromatic nitrogens is 1. The van der Waals surface area contributed by atoms with Crippen molar-refractivity contribution < 1.29 is 0 Å². The molecule has 136 valence electrons. The lowest BCUT2D eigenvalue weighted by atomic mass is 10.0. The van der Waals surface area contributed by atoms with Crippen LogP contribution in [0.2, 0.25) is 10.0 Å². The Morgan fingerprint density at radius 1 is 1.04 bits per heavy atom. The van der Waals surface area contributed by atoms with Gasteiger partial charge in [0.05, 0.1) is 25.6 Å². The van der Waals surface area contributed by atoms with Gasteiger partial charge in [-0.3, -0.25) is 4.98 Å². The SMILES string of the molecule is Cc1cc(-c2ccc(Cl)c(Cl)c2)cc(-c2ccc(N3CC=CC=C3N)s2)n1. The van der Waals surface area contributed by atoms with Gasteiger partial charge in [-0.2, -0.15) is 0 Å². The number of benzene rings is 1. The van der Waals surface area contributed by atoms with E-state index < -0.39 is 0 Å². The molecule has 3 heterocycles. The van der Waals surface area contributed by atoms with E-state index in [2.05, 4.69) is 29.2 Å². The lowest BCUT2D eigenvalue weighted by Gasteiger charge is -2.23. The van der Waals surface area contributed by atoms with Gasteiger partial charge in [-0.15, -0.1) is 11.3 Å². The summed E-state index contributed by atoms with van der Waals surface area (Å²) in [5.74, 6) is 0.750. The first-order chi connectivity index (χ1) is 13.0. The van der Waals surface area contributed by atoms with Gasteiger partial charge in [0.2, 0.25) is 0 Å². The Morgan fingerprint density at radius 3 is 2.67 bits per heavy atom. The summed E-state index contributed by atoms with van der Waals surface area (Å²) < 4.78 is 0. The lowest BCUT2D eigenvalue weighted by molar-refractivity contribution is 0.986. The fourth-order valence-electron chi connectivity index (χ4n) is 2.99. The molecule has 2 aromatic heterocycles.